The molecular weight excluding hydrogens is 423 g/mol. The van der Waals surface area contributed by atoms with Crippen molar-refractivity contribution in [2.45, 2.75) is 13.3 Å². The Hall–Kier alpha value is -4.06. The van der Waals surface area contributed by atoms with E-state index in [1.165, 1.54) is 13.2 Å². The highest BCUT2D eigenvalue weighted by atomic mass is 19.1. The quantitative estimate of drug-likeness (QED) is 0.232. The number of hydrogen-bond acceptors (Lipinski definition) is 5. The third-order valence-corrected chi connectivity index (χ3v) is 5.20. The summed E-state index contributed by atoms with van der Waals surface area (Å²) in [4.78, 5) is 11.5. The fourth-order valence-electron chi connectivity index (χ4n) is 3.47. The first-order chi connectivity index (χ1) is 16.0. The van der Waals surface area contributed by atoms with Gasteiger partial charge in [-0.05, 0) is 71.6 Å². The summed E-state index contributed by atoms with van der Waals surface area (Å²) in [6, 6.07) is 21.1. The van der Waals surface area contributed by atoms with Crippen molar-refractivity contribution < 1.29 is 28.1 Å². The van der Waals surface area contributed by atoms with Gasteiger partial charge in [0.2, 0.25) is 0 Å². The third kappa shape index (κ3) is 4.75. The molecule has 0 atom stereocenters. The maximum absolute atomic E-state index is 14.5. The van der Waals surface area contributed by atoms with E-state index in [2.05, 4.69) is 0 Å². The fourth-order valence-corrected chi connectivity index (χ4v) is 3.47. The molecule has 4 aromatic rings. The molecule has 0 aliphatic heterocycles. The Kier molecular flexibility index (Phi) is 6.45. The van der Waals surface area contributed by atoms with Crippen LogP contribution in [0.25, 0.3) is 21.9 Å². The number of esters is 1. The molecule has 0 saturated heterocycles. The number of carbonyl (C=O) groups excluding carboxylic acids is 1. The molecule has 0 fully saturated rings. The molecule has 4 aromatic carbocycles. The molecule has 0 bridgehead atoms. The predicted octanol–water partition coefficient (Wildman–Crippen LogP) is 6.77. The number of fused-ring (bicyclic) bond motifs is 1. The van der Waals surface area contributed by atoms with Gasteiger partial charge < -0.3 is 18.9 Å². The van der Waals surface area contributed by atoms with Crippen LogP contribution in [0.3, 0.4) is 0 Å². The van der Waals surface area contributed by atoms with Crippen LogP contribution in [0, 0.1) is 5.82 Å². The average molecular weight is 446 g/mol. The normalized spacial score (nSPS) is 10.7. The lowest BCUT2D eigenvalue weighted by Gasteiger charge is -2.16. The Labute approximate surface area is 191 Å². The van der Waals surface area contributed by atoms with Crippen molar-refractivity contribution in [1.29, 1.82) is 0 Å². The maximum Gasteiger partial charge on any atom is 0.310 e. The van der Waals surface area contributed by atoms with E-state index in [9.17, 15) is 9.18 Å². The lowest BCUT2D eigenvalue weighted by atomic mass is 9.99. The molecule has 4 rings (SSSR count). The van der Waals surface area contributed by atoms with Crippen molar-refractivity contribution in [1.82, 2.24) is 0 Å². The van der Waals surface area contributed by atoms with Gasteiger partial charge in [0.25, 0.3) is 0 Å². The molecule has 0 unspecified atom stereocenters. The summed E-state index contributed by atoms with van der Waals surface area (Å²) < 4.78 is 36.4. The van der Waals surface area contributed by atoms with Crippen molar-refractivity contribution >= 4 is 16.7 Å². The van der Waals surface area contributed by atoms with Gasteiger partial charge in [-0.1, -0.05) is 19.1 Å². The molecule has 0 spiro atoms. The van der Waals surface area contributed by atoms with Gasteiger partial charge in [-0.3, -0.25) is 4.79 Å². The van der Waals surface area contributed by atoms with E-state index < -0.39 is 5.82 Å². The molecule has 168 valence electrons. The lowest BCUT2D eigenvalue weighted by Crippen LogP contribution is -2.05. The SMILES string of the molecule is CCC(=O)Oc1ccc(Oc2c(-c3ccc(OC)c(F)c3)ccc3cc(OC)ccc23)cc1. The summed E-state index contributed by atoms with van der Waals surface area (Å²) in [6.07, 6.45) is 0.291. The van der Waals surface area contributed by atoms with Crippen LogP contribution in [0.5, 0.6) is 28.7 Å². The molecule has 0 saturated carbocycles. The second kappa shape index (κ2) is 9.61. The molecule has 0 radical (unpaired) electrons. The molecule has 0 aliphatic carbocycles. The Bertz CT molecular complexity index is 1300. The third-order valence-electron chi connectivity index (χ3n) is 5.20. The summed E-state index contributed by atoms with van der Waals surface area (Å²) in [6.45, 7) is 1.73. The van der Waals surface area contributed by atoms with Crippen LogP contribution in [0.2, 0.25) is 0 Å². The van der Waals surface area contributed by atoms with E-state index in [4.69, 9.17) is 18.9 Å². The van der Waals surface area contributed by atoms with Crippen LogP contribution in [0.1, 0.15) is 13.3 Å². The number of rotatable bonds is 7. The standard InChI is InChI=1S/C27H23FO5/c1-4-26(29)32-19-7-9-20(10-8-19)33-27-22(18-6-14-25(31-3)24(28)16-18)12-5-17-15-21(30-2)11-13-23(17)27/h5-16H,4H2,1-3H3. The van der Waals surface area contributed by atoms with Crippen LogP contribution in [-0.2, 0) is 4.79 Å². The summed E-state index contributed by atoms with van der Waals surface area (Å²) in [5.74, 6) is 1.67. The summed E-state index contributed by atoms with van der Waals surface area (Å²) in [5, 5.41) is 1.75. The molecule has 0 aliphatic rings. The topological polar surface area (TPSA) is 54.0 Å². The second-order valence-electron chi connectivity index (χ2n) is 7.28. The first-order valence-corrected chi connectivity index (χ1v) is 10.5. The number of halogens is 1. The van der Waals surface area contributed by atoms with E-state index in [0.29, 0.717) is 29.2 Å². The van der Waals surface area contributed by atoms with Crippen molar-refractivity contribution in [2.75, 3.05) is 14.2 Å². The van der Waals surface area contributed by atoms with Crippen LogP contribution < -0.4 is 18.9 Å². The van der Waals surface area contributed by atoms with E-state index >= 15 is 0 Å². The van der Waals surface area contributed by atoms with Gasteiger partial charge in [-0.15, -0.1) is 0 Å². The Balaban J connectivity index is 1.79. The zero-order valence-electron chi connectivity index (χ0n) is 18.6. The van der Waals surface area contributed by atoms with E-state index in [-0.39, 0.29) is 11.7 Å². The van der Waals surface area contributed by atoms with Crippen molar-refractivity contribution in [3.8, 4) is 39.9 Å². The molecule has 5 nitrogen and oxygen atoms in total. The van der Waals surface area contributed by atoms with E-state index in [1.807, 2.05) is 30.3 Å². The zero-order chi connectivity index (χ0) is 23.4. The van der Waals surface area contributed by atoms with E-state index in [1.54, 1.807) is 50.4 Å². The zero-order valence-corrected chi connectivity index (χ0v) is 18.6. The largest absolute Gasteiger partial charge is 0.497 e. The second-order valence-corrected chi connectivity index (χ2v) is 7.28. The minimum absolute atomic E-state index is 0.170. The fraction of sp³-hybridized carbons (Fsp3) is 0.148. The highest BCUT2D eigenvalue weighted by molar-refractivity contribution is 5.96. The molecule has 33 heavy (non-hydrogen) atoms. The first kappa shape index (κ1) is 22.1. The molecule has 6 heteroatoms. The van der Waals surface area contributed by atoms with Crippen LogP contribution >= 0.6 is 0 Å². The van der Waals surface area contributed by atoms with Gasteiger partial charge in [-0.25, -0.2) is 4.39 Å². The van der Waals surface area contributed by atoms with Crippen LogP contribution in [0.15, 0.2) is 72.8 Å². The lowest BCUT2D eigenvalue weighted by molar-refractivity contribution is -0.134. The van der Waals surface area contributed by atoms with Gasteiger partial charge >= 0.3 is 5.97 Å². The van der Waals surface area contributed by atoms with Gasteiger partial charge in [0, 0.05) is 17.4 Å². The Morgan fingerprint density at radius 3 is 2.21 bits per heavy atom. The van der Waals surface area contributed by atoms with Crippen molar-refractivity contribution in [2.24, 2.45) is 0 Å². The first-order valence-electron chi connectivity index (χ1n) is 10.5. The smallest absolute Gasteiger partial charge is 0.310 e. The summed E-state index contributed by atoms with van der Waals surface area (Å²) >= 11 is 0. The Morgan fingerprint density at radius 1 is 0.818 bits per heavy atom. The number of ether oxygens (including phenoxy) is 4. The number of methoxy groups -OCH3 is 2. The Morgan fingerprint density at radius 2 is 1.55 bits per heavy atom. The van der Waals surface area contributed by atoms with E-state index in [0.717, 1.165) is 22.1 Å². The molecular formula is C27H23FO5. The van der Waals surface area contributed by atoms with Gasteiger partial charge in [-0.2, -0.15) is 0 Å². The minimum atomic E-state index is -0.460. The monoisotopic (exact) mass is 446 g/mol. The number of carbonyl (C=O) groups is 1. The molecule has 0 amide bonds. The van der Waals surface area contributed by atoms with Gasteiger partial charge in [0.05, 0.1) is 14.2 Å². The minimum Gasteiger partial charge on any atom is -0.497 e. The highest BCUT2D eigenvalue weighted by Gasteiger charge is 2.15. The highest BCUT2D eigenvalue weighted by Crippen LogP contribution is 2.41. The van der Waals surface area contributed by atoms with Gasteiger partial charge in [0.15, 0.2) is 11.6 Å². The molecule has 0 aromatic heterocycles. The predicted molar refractivity (Wildman–Crippen MR) is 125 cm³/mol. The van der Waals surface area contributed by atoms with Crippen LogP contribution in [0.4, 0.5) is 4.39 Å². The van der Waals surface area contributed by atoms with Crippen molar-refractivity contribution in [3.63, 3.8) is 0 Å². The summed E-state index contributed by atoms with van der Waals surface area (Å²) in [5.41, 5.74) is 1.37. The van der Waals surface area contributed by atoms with Gasteiger partial charge in [0.1, 0.15) is 23.0 Å². The average Bonchev–Trinajstić information content (AvgIpc) is 2.84. The number of benzene rings is 4. The molecule has 0 heterocycles. The number of hydrogen-bond donors (Lipinski definition) is 0. The maximum atomic E-state index is 14.5. The molecule has 0 N–H and O–H groups in total. The summed E-state index contributed by atoms with van der Waals surface area (Å²) in [7, 11) is 3.04. The van der Waals surface area contributed by atoms with Crippen molar-refractivity contribution in [3.05, 3.63) is 78.6 Å². The van der Waals surface area contributed by atoms with Crippen LogP contribution in [-0.4, -0.2) is 20.2 Å².